The van der Waals surface area contributed by atoms with Gasteiger partial charge < -0.3 is 16.2 Å². The molecule has 2 unspecified atom stereocenters. The van der Waals surface area contributed by atoms with Crippen LogP contribution in [0.4, 0.5) is 13.2 Å². The van der Waals surface area contributed by atoms with Gasteiger partial charge in [0.05, 0.1) is 5.56 Å². The average molecular weight is 288 g/mol. The quantitative estimate of drug-likeness (QED) is 0.725. The van der Waals surface area contributed by atoms with Crippen molar-refractivity contribution < 1.29 is 23.1 Å². The van der Waals surface area contributed by atoms with Crippen LogP contribution in [0.1, 0.15) is 30.6 Å². The third-order valence-corrected chi connectivity index (χ3v) is 4.03. The van der Waals surface area contributed by atoms with Crippen LogP contribution in [0, 0.1) is 22.9 Å². The van der Waals surface area contributed by atoms with Gasteiger partial charge in [-0.15, -0.1) is 0 Å². The minimum absolute atomic E-state index is 0.101. The molecule has 7 heteroatoms. The van der Waals surface area contributed by atoms with Crippen LogP contribution < -0.4 is 11.1 Å². The van der Waals surface area contributed by atoms with Crippen molar-refractivity contribution in [3.05, 3.63) is 29.1 Å². The molecular weight excluding hydrogens is 273 g/mol. The maximum Gasteiger partial charge on any atom is 0.254 e. The van der Waals surface area contributed by atoms with Crippen LogP contribution in [0.3, 0.4) is 0 Å². The lowest BCUT2D eigenvalue weighted by atomic mass is 9.63. The van der Waals surface area contributed by atoms with Gasteiger partial charge in [-0.1, -0.05) is 13.8 Å². The van der Waals surface area contributed by atoms with Crippen molar-refractivity contribution in [3.8, 4) is 5.75 Å². The fourth-order valence-electron chi connectivity index (χ4n) is 2.20. The third-order valence-electron chi connectivity index (χ3n) is 4.03. The molecule has 4 nitrogen and oxygen atoms in total. The molecular formula is C13H15F3N2O2. The zero-order valence-electron chi connectivity index (χ0n) is 11.0. The molecule has 1 aromatic rings. The summed E-state index contributed by atoms with van der Waals surface area (Å²) < 4.78 is 39.7. The topological polar surface area (TPSA) is 75.3 Å². The lowest BCUT2D eigenvalue weighted by molar-refractivity contribution is 0.0583. The van der Waals surface area contributed by atoms with E-state index in [1.54, 1.807) is 0 Å². The Kier molecular flexibility index (Phi) is 3.41. The fourth-order valence-corrected chi connectivity index (χ4v) is 2.20. The first-order valence-corrected chi connectivity index (χ1v) is 6.09. The predicted octanol–water partition coefficient (Wildman–Crippen LogP) is 1.67. The van der Waals surface area contributed by atoms with Crippen molar-refractivity contribution in [3.63, 3.8) is 0 Å². The minimum Gasteiger partial charge on any atom is -0.503 e. The van der Waals surface area contributed by atoms with Gasteiger partial charge in [-0.25, -0.2) is 8.78 Å². The molecule has 0 aromatic heterocycles. The second-order valence-electron chi connectivity index (χ2n) is 5.57. The number of halogens is 3. The normalized spacial score (nSPS) is 24.1. The fraction of sp³-hybridized carbons (Fsp3) is 0.462. The lowest BCUT2D eigenvalue weighted by Crippen LogP contribution is -2.64. The Balaban J connectivity index is 2.23. The van der Waals surface area contributed by atoms with Gasteiger partial charge in [-0.3, -0.25) is 4.79 Å². The van der Waals surface area contributed by atoms with Crippen LogP contribution in [0.5, 0.6) is 5.75 Å². The van der Waals surface area contributed by atoms with E-state index in [1.807, 2.05) is 13.8 Å². The highest BCUT2D eigenvalue weighted by atomic mass is 19.2. The Labute approximate surface area is 113 Å². The van der Waals surface area contributed by atoms with Crippen LogP contribution in [0.25, 0.3) is 0 Å². The standard InChI is InChI=1S/C13H15F3N2O2/c1-13(2)7(17)4-8(13)18-12(20)5-3-6(14)10(16)11(19)9(5)15/h3,7-8,19H,4,17H2,1-2H3,(H,18,20). The summed E-state index contributed by atoms with van der Waals surface area (Å²) in [5.74, 6) is -7.10. The van der Waals surface area contributed by atoms with Crippen LogP contribution in [0.2, 0.25) is 0 Å². The molecule has 0 aliphatic heterocycles. The van der Waals surface area contributed by atoms with E-state index in [-0.39, 0.29) is 17.5 Å². The van der Waals surface area contributed by atoms with E-state index in [9.17, 15) is 18.0 Å². The number of phenols is 1. The van der Waals surface area contributed by atoms with Gasteiger partial charge in [0.15, 0.2) is 17.4 Å². The van der Waals surface area contributed by atoms with Crippen molar-refractivity contribution in [2.75, 3.05) is 0 Å². The molecule has 20 heavy (non-hydrogen) atoms. The molecule has 0 radical (unpaired) electrons. The molecule has 2 atom stereocenters. The lowest BCUT2D eigenvalue weighted by Gasteiger charge is -2.50. The van der Waals surface area contributed by atoms with E-state index in [2.05, 4.69) is 5.32 Å². The number of rotatable bonds is 2. The molecule has 110 valence electrons. The minimum atomic E-state index is -1.72. The Hall–Kier alpha value is -1.76. The maximum atomic E-state index is 13.6. The van der Waals surface area contributed by atoms with Gasteiger partial charge in [-0.05, 0) is 12.5 Å². The molecule has 1 fully saturated rings. The average Bonchev–Trinajstić information content (AvgIpc) is 2.40. The van der Waals surface area contributed by atoms with E-state index in [0.717, 1.165) is 0 Å². The Bertz CT molecular complexity index is 575. The molecule has 0 saturated heterocycles. The number of phenolic OH excluding ortho intramolecular Hbond substituents is 1. The van der Waals surface area contributed by atoms with E-state index in [1.165, 1.54) is 0 Å². The predicted molar refractivity (Wildman–Crippen MR) is 65.6 cm³/mol. The summed E-state index contributed by atoms with van der Waals surface area (Å²) in [4.78, 5) is 11.9. The van der Waals surface area contributed by atoms with Gasteiger partial charge in [0, 0.05) is 17.5 Å². The van der Waals surface area contributed by atoms with Crippen molar-refractivity contribution in [1.29, 1.82) is 0 Å². The molecule has 0 spiro atoms. The van der Waals surface area contributed by atoms with Crippen LogP contribution in [0.15, 0.2) is 6.07 Å². The van der Waals surface area contributed by atoms with Gasteiger partial charge in [0.2, 0.25) is 5.82 Å². The summed E-state index contributed by atoms with van der Waals surface area (Å²) >= 11 is 0. The molecule has 4 N–H and O–H groups in total. The molecule has 1 aliphatic carbocycles. The second-order valence-corrected chi connectivity index (χ2v) is 5.57. The monoisotopic (exact) mass is 288 g/mol. The Morgan fingerprint density at radius 3 is 2.50 bits per heavy atom. The van der Waals surface area contributed by atoms with Crippen molar-refractivity contribution in [1.82, 2.24) is 5.32 Å². The first-order chi connectivity index (χ1) is 9.16. The number of nitrogens with one attached hydrogen (secondary N) is 1. The summed E-state index contributed by atoms with van der Waals surface area (Å²) in [7, 11) is 0. The number of hydrogen-bond donors (Lipinski definition) is 3. The van der Waals surface area contributed by atoms with Crippen LogP contribution in [-0.4, -0.2) is 23.1 Å². The zero-order chi connectivity index (χ0) is 15.2. The van der Waals surface area contributed by atoms with Gasteiger partial charge >= 0.3 is 0 Å². The van der Waals surface area contributed by atoms with Crippen LogP contribution in [-0.2, 0) is 0 Å². The summed E-state index contributed by atoms with van der Waals surface area (Å²) in [6, 6.07) is 0.0290. The zero-order valence-corrected chi connectivity index (χ0v) is 11.0. The molecule has 0 bridgehead atoms. The van der Waals surface area contributed by atoms with Crippen molar-refractivity contribution in [2.24, 2.45) is 11.1 Å². The first-order valence-electron chi connectivity index (χ1n) is 6.09. The SMILES string of the molecule is CC1(C)C(N)CC1NC(=O)c1cc(F)c(F)c(O)c1F. The van der Waals surface area contributed by atoms with Gasteiger partial charge in [0.1, 0.15) is 0 Å². The van der Waals surface area contributed by atoms with E-state index >= 15 is 0 Å². The highest BCUT2D eigenvalue weighted by Crippen LogP contribution is 2.39. The highest BCUT2D eigenvalue weighted by Gasteiger charge is 2.47. The molecule has 0 heterocycles. The second kappa shape index (κ2) is 4.66. The number of benzene rings is 1. The van der Waals surface area contributed by atoms with E-state index < -0.39 is 34.7 Å². The largest absolute Gasteiger partial charge is 0.503 e. The molecule has 1 aromatic carbocycles. The number of aromatic hydroxyl groups is 1. The molecule has 1 aliphatic rings. The smallest absolute Gasteiger partial charge is 0.254 e. The number of carbonyl (C=O) groups is 1. The number of amides is 1. The van der Waals surface area contributed by atoms with E-state index in [0.29, 0.717) is 12.5 Å². The molecule has 1 saturated carbocycles. The van der Waals surface area contributed by atoms with E-state index in [4.69, 9.17) is 10.8 Å². The van der Waals surface area contributed by atoms with Gasteiger partial charge in [0.25, 0.3) is 5.91 Å². The molecule has 2 rings (SSSR count). The highest BCUT2D eigenvalue weighted by molar-refractivity contribution is 5.95. The number of hydrogen-bond acceptors (Lipinski definition) is 3. The summed E-state index contributed by atoms with van der Waals surface area (Å²) in [6.45, 7) is 3.68. The first kappa shape index (κ1) is 14.6. The number of carbonyl (C=O) groups excluding carboxylic acids is 1. The third kappa shape index (κ3) is 2.11. The Morgan fingerprint density at radius 2 is 2.00 bits per heavy atom. The van der Waals surface area contributed by atoms with Crippen molar-refractivity contribution >= 4 is 5.91 Å². The Morgan fingerprint density at radius 1 is 1.40 bits per heavy atom. The number of nitrogens with two attached hydrogens (primary N) is 1. The summed E-state index contributed by atoms with van der Waals surface area (Å²) in [5, 5.41) is 11.6. The summed E-state index contributed by atoms with van der Waals surface area (Å²) in [6.07, 6.45) is 0.510. The maximum absolute atomic E-state index is 13.6. The van der Waals surface area contributed by atoms with Crippen LogP contribution >= 0.6 is 0 Å². The van der Waals surface area contributed by atoms with Gasteiger partial charge in [-0.2, -0.15) is 4.39 Å². The van der Waals surface area contributed by atoms with Crippen molar-refractivity contribution in [2.45, 2.75) is 32.4 Å². The molecule has 1 amide bonds. The summed E-state index contributed by atoms with van der Waals surface area (Å²) in [5.41, 5.74) is 4.68.